The average molecular weight is 326 g/mol. The maximum atomic E-state index is 14.2. The topological polar surface area (TPSA) is 51.5 Å². The Balaban J connectivity index is 1.90. The van der Waals surface area contributed by atoms with Crippen LogP contribution in [0.2, 0.25) is 0 Å². The smallest absolute Gasteiger partial charge is 0.410 e. The molecule has 0 radical (unpaired) electrons. The Labute approximate surface area is 132 Å². The summed E-state index contributed by atoms with van der Waals surface area (Å²) in [4.78, 5) is 25.7. The molecule has 1 fully saturated rings. The Morgan fingerprint density at radius 2 is 1.91 bits per heavy atom. The fourth-order valence-electron chi connectivity index (χ4n) is 3.48. The normalized spacial score (nSPS) is 23.4. The molecule has 1 saturated heterocycles. The lowest BCUT2D eigenvalue weighted by Gasteiger charge is -2.42. The minimum atomic E-state index is -1.07. The summed E-state index contributed by atoms with van der Waals surface area (Å²) in [5, 5.41) is 0. The van der Waals surface area contributed by atoms with E-state index in [4.69, 9.17) is 4.74 Å². The molecule has 1 amide bonds. The molecule has 3 heterocycles. The first kappa shape index (κ1) is 16.0. The number of ether oxygens (including phenoxy) is 1. The number of aromatic nitrogens is 1. The number of hydrogen-bond donors (Lipinski definition) is 0. The number of piperidine rings is 1. The first-order valence-corrected chi connectivity index (χ1v) is 7.72. The van der Waals surface area contributed by atoms with Crippen molar-refractivity contribution >= 4 is 6.09 Å². The van der Waals surface area contributed by atoms with Crippen LogP contribution >= 0.6 is 0 Å². The zero-order chi connectivity index (χ0) is 16.9. The third-order valence-electron chi connectivity index (χ3n) is 4.25. The molecule has 1 aromatic rings. The van der Waals surface area contributed by atoms with Gasteiger partial charge in [-0.3, -0.25) is 4.79 Å². The van der Waals surface area contributed by atoms with Gasteiger partial charge in [-0.05, 0) is 33.1 Å². The average Bonchev–Trinajstić information content (AvgIpc) is 2.42. The summed E-state index contributed by atoms with van der Waals surface area (Å²) in [6.07, 6.45) is 0.242. The fraction of sp³-hybridized carbons (Fsp3) is 0.625. The van der Waals surface area contributed by atoms with E-state index >= 15 is 0 Å². The second-order valence-electron chi connectivity index (χ2n) is 7.33. The summed E-state index contributed by atoms with van der Waals surface area (Å²) < 4.78 is 34.2. The molecular formula is C16H20F2N2O3. The van der Waals surface area contributed by atoms with E-state index in [2.05, 4.69) is 0 Å². The summed E-state index contributed by atoms with van der Waals surface area (Å²) in [5.74, 6) is -2.12. The van der Waals surface area contributed by atoms with Crippen molar-refractivity contribution in [2.24, 2.45) is 5.92 Å². The summed E-state index contributed by atoms with van der Waals surface area (Å²) in [7, 11) is 0. The number of pyridine rings is 1. The summed E-state index contributed by atoms with van der Waals surface area (Å²) in [6.45, 7) is 6.27. The number of fused-ring (bicyclic) bond motifs is 4. The molecule has 3 rings (SSSR count). The van der Waals surface area contributed by atoms with Crippen molar-refractivity contribution < 1.29 is 18.3 Å². The molecule has 1 aromatic heterocycles. The van der Waals surface area contributed by atoms with Crippen LogP contribution in [0.25, 0.3) is 0 Å². The van der Waals surface area contributed by atoms with Crippen LogP contribution in [0.5, 0.6) is 0 Å². The van der Waals surface area contributed by atoms with Gasteiger partial charge in [0.2, 0.25) is 0 Å². The maximum absolute atomic E-state index is 14.2. The molecule has 126 valence electrons. The van der Waals surface area contributed by atoms with Gasteiger partial charge in [0, 0.05) is 31.6 Å². The van der Waals surface area contributed by atoms with Gasteiger partial charge in [0.25, 0.3) is 5.56 Å². The van der Waals surface area contributed by atoms with Gasteiger partial charge in [-0.2, -0.15) is 0 Å². The second-order valence-corrected chi connectivity index (χ2v) is 7.33. The Morgan fingerprint density at radius 1 is 1.22 bits per heavy atom. The molecule has 2 aliphatic heterocycles. The first-order chi connectivity index (χ1) is 10.7. The van der Waals surface area contributed by atoms with Crippen molar-refractivity contribution in [1.82, 2.24) is 9.47 Å². The molecule has 0 spiro atoms. The number of rotatable bonds is 0. The van der Waals surface area contributed by atoms with Gasteiger partial charge in [-0.15, -0.1) is 0 Å². The largest absolute Gasteiger partial charge is 0.444 e. The number of halogens is 2. The lowest BCUT2D eigenvalue weighted by molar-refractivity contribution is 0.00971. The highest BCUT2D eigenvalue weighted by atomic mass is 19.1. The van der Waals surface area contributed by atoms with Gasteiger partial charge in [0.1, 0.15) is 11.4 Å². The number of carbonyl (C=O) groups excluding carboxylic acids is 1. The molecule has 2 unspecified atom stereocenters. The van der Waals surface area contributed by atoms with Crippen LogP contribution in [-0.2, 0) is 11.3 Å². The molecule has 0 N–H and O–H groups in total. The summed E-state index contributed by atoms with van der Waals surface area (Å²) in [6, 6.07) is 0.640. The zero-order valence-corrected chi connectivity index (χ0v) is 13.4. The lowest BCUT2D eigenvalue weighted by Crippen LogP contribution is -2.51. The van der Waals surface area contributed by atoms with E-state index in [1.165, 1.54) is 4.57 Å². The molecule has 0 aliphatic carbocycles. The fourth-order valence-corrected chi connectivity index (χ4v) is 3.48. The van der Waals surface area contributed by atoms with E-state index < -0.39 is 28.9 Å². The number of likely N-dealkylation sites (tertiary alicyclic amines) is 1. The van der Waals surface area contributed by atoms with Crippen LogP contribution in [0, 0.1) is 17.6 Å². The monoisotopic (exact) mass is 326 g/mol. The van der Waals surface area contributed by atoms with Crippen LogP contribution in [0.4, 0.5) is 13.6 Å². The third kappa shape index (κ3) is 2.96. The Morgan fingerprint density at radius 3 is 2.57 bits per heavy atom. The first-order valence-electron chi connectivity index (χ1n) is 7.72. The summed E-state index contributed by atoms with van der Waals surface area (Å²) in [5.41, 5.74) is -1.20. The zero-order valence-electron chi connectivity index (χ0n) is 13.4. The minimum absolute atomic E-state index is 0.00679. The SMILES string of the molecule is CC(C)(C)OC(=O)N1CC2CC(C1)c1c(F)cc(F)c(=O)n1C2. The van der Waals surface area contributed by atoms with Gasteiger partial charge in [-0.1, -0.05) is 0 Å². The number of carbonyl (C=O) groups is 1. The minimum Gasteiger partial charge on any atom is -0.444 e. The van der Waals surface area contributed by atoms with Crippen molar-refractivity contribution in [3.05, 3.63) is 33.7 Å². The highest BCUT2D eigenvalue weighted by Crippen LogP contribution is 2.36. The van der Waals surface area contributed by atoms with Gasteiger partial charge < -0.3 is 14.2 Å². The predicted octanol–water partition coefficient (Wildman–Crippen LogP) is 2.48. The number of nitrogens with zero attached hydrogens (tertiary/aromatic N) is 2. The number of hydrogen-bond acceptors (Lipinski definition) is 3. The van der Waals surface area contributed by atoms with Gasteiger partial charge >= 0.3 is 6.09 Å². The van der Waals surface area contributed by atoms with Crippen LogP contribution in [0.1, 0.15) is 38.8 Å². The standard InChI is InChI=1S/C16H20F2N2O3/c1-16(2,3)23-15(22)19-6-9-4-10(8-19)13-11(17)5-12(18)14(21)20(13)7-9/h5,9-10H,4,6-8H2,1-3H3. The highest BCUT2D eigenvalue weighted by Gasteiger charge is 2.39. The molecule has 0 saturated carbocycles. The molecule has 7 heteroatoms. The van der Waals surface area contributed by atoms with E-state index in [1.54, 1.807) is 25.7 Å². The van der Waals surface area contributed by atoms with Crippen LogP contribution in [0.3, 0.4) is 0 Å². The molecule has 2 atom stereocenters. The third-order valence-corrected chi connectivity index (χ3v) is 4.25. The van der Waals surface area contributed by atoms with Crippen LogP contribution < -0.4 is 5.56 Å². The maximum Gasteiger partial charge on any atom is 0.410 e. The summed E-state index contributed by atoms with van der Waals surface area (Å²) >= 11 is 0. The van der Waals surface area contributed by atoms with E-state index in [1.807, 2.05) is 0 Å². The second kappa shape index (κ2) is 5.32. The van der Waals surface area contributed by atoms with Crippen molar-refractivity contribution in [3.63, 3.8) is 0 Å². The highest BCUT2D eigenvalue weighted by molar-refractivity contribution is 5.68. The van der Waals surface area contributed by atoms with Gasteiger partial charge in [-0.25, -0.2) is 13.6 Å². The molecule has 2 aliphatic rings. The van der Waals surface area contributed by atoms with E-state index in [0.29, 0.717) is 19.0 Å². The van der Waals surface area contributed by atoms with Gasteiger partial charge in [0.15, 0.2) is 5.82 Å². The molecule has 23 heavy (non-hydrogen) atoms. The van der Waals surface area contributed by atoms with Crippen molar-refractivity contribution in [1.29, 1.82) is 0 Å². The number of amides is 1. The van der Waals surface area contributed by atoms with Crippen LogP contribution in [-0.4, -0.2) is 34.3 Å². The Kier molecular flexibility index (Phi) is 3.69. The lowest BCUT2D eigenvalue weighted by atomic mass is 9.83. The van der Waals surface area contributed by atoms with E-state index in [9.17, 15) is 18.4 Å². The molecule has 5 nitrogen and oxygen atoms in total. The molecule has 0 aromatic carbocycles. The van der Waals surface area contributed by atoms with Crippen molar-refractivity contribution in [2.45, 2.75) is 45.3 Å². The Hall–Kier alpha value is -1.92. The predicted molar refractivity (Wildman–Crippen MR) is 79.3 cm³/mol. The molecule has 2 bridgehead atoms. The van der Waals surface area contributed by atoms with Gasteiger partial charge in [0.05, 0.1) is 5.69 Å². The van der Waals surface area contributed by atoms with Crippen molar-refractivity contribution in [3.8, 4) is 0 Å². The van der Waals surface area contributed by atoms with E-state index in [-0.39, 0.29) is 30.6 Å². The van der Waals surface area contributed by atoms with E-state index in [0.717, 1.165) is 0 Å². The molecular weight excluding hydrogens is 306 g/mol. The van der Waals surface area contributed by atoms with Crippen LogP contribution in [0.15, 0.2) is 10.9 Å². The van der Waals surface area contributed by atoms with Crippen molar-refractivity contribution in [2.75, 3.05) is 13.1 Å². The quantitative estimate of drug-likeness (QED) is 0.736. The Bertz CT molecular complexity index is 709.